The molecular weight excluding hydrogens is 259 g/mol. The molecule has 1 amide bonds. The summed E-state index contributed by atoms with van der Waals surface area (Å²) >= 11 is 0. The number of hydrogen-bond donors (Lipinski definition) is 2. The van der Waals surface area contributed by atoms with Crippen LogP contribution in [0, 0.1) is 11.8 Å². The summed E-state index contributed by atoms with van der Waals surface area (Å²) in [4.78, 5) is 25.2. The van der Waals surface area contributed by atoms with Crippen LogP contribution in [0.5, 0.6) is 0 Å². The number of nitrogens with zero attached hydrogens (tertiary/aromatic N) is 1. The van der Waals surface area contributed by atoms with E-state index in [9.17, 15) is 14.7 Å². The summed E-state index contributed by atoms with van der Waals surface area (Å²) in [6.45, 7) is 2.49. The summed E-state index contributed by atoms with van der Waals surface area (Å²) in [7, 11) is 7.00. The molecule has 6 nitrogen and oxygen atoms in total. The molecule has 1 saturated heterocycles. The number of rotatable bonds is 7. The fourth-order valence-electron chi connectivity index (χ4n) is 2.69. The van der Waals surface area contributed by atoms with Crippen LogP contribution < -0.4 is 5.73 Å². The molecule has 1 heterocycles. The monoisotopic (exact) mass is 282 g/mol. The lowest BCUT2D eigenvalue weighted by atomic mass is 9.83. The molecule has 0 aromatic heterocycles. The van der Waals surface area contributed by atoms with Gasteiger partial charge in [-0.15, -0.1) is 0 Å². The number of aliphatic carboxylic acids is 1. The van der Waals surface area contributed by atoms with Gasteiger partial charge >= 0.3 is 5.97 Å². The van der Waals surface area contributed by atoms with E-state index in [1.165, 1.54) is 7.11 Å². The van der Waals surface area contributed by atoms with Gasteiger partial charge in [0.2, 0.25) is 5.91 Å². The molecule has 20 heavy (non-hydrogen) atoms. The molecule has 0 aromatic carbocycles. The molecule has 1 rings (SSSR count). The lowest BCUT2D eigenvalue weighted by Crippen LogP contribution is -2.55. The minimum atomic E-state index is -1.38. The van der Waals surface area contributed by atoms with Crippen LogP contribution in [0.4, 0.5) is 0 Å². The van der Waals surface area contributed by atoms with Gasteiger partial charge in [-0.1, -0.05) is 19.7 Å². The minimum Gasteiger partial charge on any atom is -0.480 e. The first-order valence-electron chi connectivity index (χ1n) is 6.86. The molecule has 7 heteroatoms. The molecule has 0 aromatic rings. The summed E-state index contributed by atoms with van der Waals surface area (Å²) in [6.07, 6.45) is 1.80. The van der Waals surface area contributed by atoms with Gasteiger partial charge in [-0.25, -0.2) is 0 Å². The molecule has 1 aliphatic heterocycles. The van der Waals surface area contributed by atoms with Gasteiger partial charge < -0.3 is 20.5 Å². The highest BCUT2D eigenvalue weighted by atomic mass is 16.5. The van der Waals surface area contributed by atoms with Crippen molar-refractivity contribution in [3.63, 3.8) is 0 Å². The largest absolute Gasteiger partial charge is 0.480 e. The highest BCUT2D eigenvalue weighted by Gasteiger charge is 2.50. The van der Waals surface area contributed by atoms with Crippen molar-refractivity contribution < 1.29 is 19.4 Å². The van der Waals surface area contributed by atoms with Crippen LogP contribution in [0.15, 0.2) is 0 Å². The molecule has 2 radical (unpaired) electrons. The van der Waals surface area contributed by atoms with E-state index in [1.807, 2.05) is 0 Å². The van der Waals surface area contributed by atoms with Crippen LogP contribution in [0.2, 0.25) is 6.32 Å². The van der Waals surface area contributed by atoms with Crippen molar-refractivity contribution in [1.82, 2.24) is 4.90 Å². The number of carbonyl (C=O) groups is 2. The smallest absolute Gasteiger partial charge is 0.325 e. The quantitative estimate of drug-likeness (QED) is 0.635. The Kier molecular flexibility index (Phi) is 6.01. The van der Waals surface area contributed by atoms with E-state index >= 15 is 0 Å². The van der Waals surface area contributed by atoms with Gasteiger partial charge in [0.15, 0.2) is 0 Å². The van der Waals surface area contributed by atoms with Crippen molar-refractivity contribution in [2.24, 2.45) is 17.6 Å². The second kappa shape index (κ2) is 7.08. The fourth-order valence-corrected chi connectivity index (χ4v) is 2.69. The zero-order valence-electron chi connectivity index (χ0n) is 12.2. The first-order chi connectivity index (χ1) is 9.36. The number of amides is 1. The Morgan fingerprint density at radius 3 is 2.75 bits per heavy atom. The highest BCUT2D eigenvalue weighted by Crippen LogP contribution is 2.31. The van der Waals surface area contributed by atoms with Crippen LogP contribution in [-0.4, -0.2) is 62.1 Å². The summed E-state index contributed by atoms with van der Waals surface area (Å²) in [5.41, 5.74) is 4.65. The molecule has 112 valence electrons. The Labute approximate surface area is 121 Å². The molecule has 0 bridgehead atoms. The average molecular weight is 282 g/mol. The number of carboxylic acids is 1. The third-order valence-electron chi connectivity index (χ3n) is 3.93. The fraction of sp³-hybridized carbons (Fsp3) is 0.846. The lowest BCUT2D eigenvalue weighted by Gasteiger charge is -2.25. The average Bonchev–Trinajstić information content (AvgIpc) is 2.74. The van der Waals surface area contributed by atoms with E-state index in [1.54, 1.807) is 11.8 Å². The number of carbonyl (C=O) groups excluding carboxylic acids is 1. The van der Waals surface area contributed by atoms with Crippen molar-refractivity contribution in [1.29, 1.82) is 0 Å². The van der Waals surface area contributed by atoms with E-state index in [4.69, 9.17) is 18.3 Å². The number of carboxylic acid groups (broad SMARTS) is 1. The predicted octanol–water partition coefficient (Wildman–Crippen LogP) is -0.124. The van der Waals surface area contributed by atoms with E-state index in [0.717, 1.165) is 0 Å². The second-order valence-electron chi connectivity index (χ2n) is 5.55. The maximum absolute atomic E-state index is 12.2. The molecule has 3 atom stereocenters. The van der Waals surface area contributed by atoms with Crippen LogP contribution in [-0.2, 0) is 14.3 Å². The first kappa shape index (κ1) is 17.0. The number of hydrogen-bond acceptors (Lipinski definition) is 4. The zero-order chi connectivity index (χ0) is 15.3. The topological polar surface area (TPSA) is 92.9 Å². The van der Waals surface area contributed by atoms with E-state index in [0.29, 0.717) is 32.3 Å². The van der Waals surface area contributed by atoms with Gasteiger partial charge in [0.05, 0.1) is 20.4 Å². The molecule has 1 aliphatic rings. The Balaban J connectivity index is 2.79. The second-order valence-corrected chi connectivity index (χ2v) is 5.55. The Bertz CT molecular complexity index is 366. The Morgan fingerprint density at radius 1 is 1.60 bits per heavy atom. The molecular formula is C13H23BN2O4. The minimum absolute atomic E-state index is 0.0461. The first-order valence-corrected chi connectivity index (χ1v) is 6.86. The van der Waals surface area contributed by atoms with Crippen molar-refractivity contribution in [2.45, 2.75) is 31.6 Å². The van der Waals surface area contributed by atoms with Gasteiger partial charge in [-0.05, 0) is 6.42 Å². The van der Waals surface area contributed by atoms with E-state index in [-0.39, 0.29) is 24.3 Å². The molecule has 0 unspecified atom stereocenters. The van der Waals surface area contributed by atoms with Gasteiger partial charge in [0.1, 0.15) is 5.54 Å². The van der Waals surface area contributed by atoms with Crippen LogP contribution in [0.25, 0.3) is 0 Å². The van der Waals surface area contributed by atoms with Crippen molar-refractivity contribution >= 4 is 19.7 Å². The number of methoxy groups -OCH3 is 1. The maximum Gasteiger partial charge on any atom is 0.325 e. The summed E-state index contributed by atoms with van der Waals surface area (Å²) in [6, 6.07) is 0. The summed E-state index contributed by atoms with van der Waals surface area (Å²) < 4.78 is 4.96. The molecule has 3 N–H and O–H groups in total. The van der Waals surface area contributed by atoms with Crippen molar-refractivity contribution in [3.05, 3.63) is 0 Å². The van der Waals surface area contributed by atoms with E-state index in [2.05, 4.69) is 0 Å². The van der Waals surface area contributed by atoms with Gasteiger partial charge in [-0.3, -0.25) is 9.59 Å². The molecule has 0 spiro atoms. The normalized spacial score (nSPS) is 27.6. The van der Waals surface area contributed by atoms with Crippen LogP contribution in [0.1, 0.15) is 19.8 Å². The van der Waals surface area contributed by atoms with Gasteiger partial charge in [0, 0.05) is 26.1 Å². The van der Waals surface area contributed by atoms with E-state index < -0.39 is 11.5 Å². The number of likely N-dealkylation sites (tertiary alicyclic amines) is 1. The SMILES string of the molecule is [B]CCC[C@H]1CN(C(=O)[C@@H](C)COC)C[C@@]1(N)C(=O)O. The van der Waals surface area contributed by atoms with Crippen LogP contribution >= 0.6 is 0 Å². The third-order valence-corrected chi connectivity index (χ3v) is 3.93. The number of ether oxygens (including phenoxy) is 1. The maximum atomic E-state index is 12.2. The van der Waals surface area contributed by atoms with Crippen LogP contribution in [0.3, 0.4) is 0 Å². The standard InChI is InChI=1S/C13H23BN2O4/c1-9(7-20-2)11(17)16-6-10(4-3-5-14)13(15,8-16)12(18)19/h9-10H,3-8,15H2,1-2H3,(H,18,19)/t9-,10-,13-/m0/s1. The Morgan fingerprint density at radius 2 is 2.25 bits per heavy atom. The van der Waals surface area contributed by atoms with Gasteiger partial charge in [-0.2, -0.15) is 0 Å². The van der Waals surface area contributed by atoms with Gasteiger partial charge in [0.25, 0.3) is 0 Å². The zero-order valence-corrected chi connectivity index (χ0v) is 12.2. The molecule has 0 saturated carbocycles. The third kappa shape index (κ3) is 3.52. The van der Waals surface area contributed by atoms with Crippen molar-refractivity contribution in [3.8, 4) is 0 Å². The molecule has 1 fully saturated rings. The summed E-state index contributed by atoms with van der Waals surface area (Å²) in [5.74, 6) is -1.74. The predicted molar refractivity (Wildman–Crippen MR) is 75.5 cm³/mol. The molecule has 0 aliphatic carbocycles. The van der Waals surface area contributed by atoms with Crippen molar-refractivity contribution in [2.75, 3.05) is 26.8 Å². The lowest BCUT2D eigenvalue weighted by molar-refractivity contribution is -0.144. The summed E-state index contributed by atoms with van der Waals surface area (Å²) in [5, 5.41) is 9.36. The highest BCUT2D eigenvalue weighted by molar-refractivity contribution is 6.08. The number of nitrogens with two attached hydrogens (primary N) is 1. The Hall–Kier alpha value is -1.08.